The van der Waals surface area contributed by atoms with Gasteiger partial charge in [-0.15, -0.1) is 0 Å². The van der Waals surface area contributed by atoms with Crippen LogP contribution in [0.5, 0.6) is 0 Å². The average molecular weight is 326 g/mol. The van der Waals surface area contributed by atoms with Crippen molar-refractivity contribution < 1.29 is 14.0 Å². The molecule has 0 aromatic heterocycles. The van der Waals surface area contributed by atoms with Crippen molar-refractivity contribution in [3.63, 3.8) is 0 Å². The maximum atomic E-state index is 13.3. The Morgan fingerprint density at radius 3 is 2.71 bits per heavy atom. The molecular weight excluding hydrogens is 307 g/mol. The number of hydrogen-bond acceptors (Lipinski definition) is 2. The van der Waals surface area contributed by atoms with Crippen molar-refractivity contribution in [3.8, 4) is 0 Å². The van der Waals surface area contributed by atoms with E-state index in [1.807, 2.05) is 30.3 Å². The first kappa shape index (κ1) is 16.2. The van der Waals surface area contributed by atoms with Gasteiger partial charge >= 0.3 is 0 Å². The Bertz CT molecular complexity index is 733. The Morgan fingerprint density at radius 1 is 1.17 bits per heavy atom. The summed E-state index contributed by atoms with van der Waals surface area (Å²) >= 11 is 0. The number of carbonyl (C=O) groups is 2. The maximum Gasteiger partial charge on any atom is 0.229 e. The number of anilines is 1. The summed E-state index contributed by atoms with van der Waals surface area (Å²) in [6, 6.07) is 15.5. The number of amides is 2. The molecule has 0 aliphatic carbocycles. The van der Waals surface area contributed by atoms with Crippen LogP contribution in [0.4, 0.5) is 10.1 Å². The number of hydrogen-bond donors (Lipinski definition) is 1. The van der Waals surface area contributed by atoms with Crippen molar-refractivity contribution >= 4 is 17.5 Å². The third-order valence-corrected chi connectivity index (χ3v) is 4.09. The zero-order chi connectivity index (χ0) is 16.9. The topological polar surface area (TPSA) is 49.4 Å². The number of carbonyl (C=O) groups excluding carboxylic acids is 2. The maximum absolute atomic E-state index is 13.3. The molecule has 1 fully saturated rings. The van der Waals surface area contributed by atoms with Gasteiger partial charge in [-0.2, -0.15) is 0 Å². The van der Waals surface area contributed by atoms with Crippen LogP contribution in [-0.2, 0) is 16.0 Å². The zero-order valence-electron chi connectivity index (χ0n) is 13.2. The molecule has 0 unspecified atom stereocenters. The fourth-order valence-electron chi connectivity index (χ4n) is 2.90. The van der Waals surface area contributed by atoms with Gasteiger partial charge in [0.2, 0.25) is 11.8 Å². The van der Waals surface area contributed by atoms with Crippen molar-refractivity contribution in [2.45, 2.75) is 25.3 Å². The van der Waals surface area contributed by atoms with Crippen molar-refractivity contribution in [1.29, 1.82) is 0 Å². The Labute approximate surface area is 140 Å². The molecule has 1 aliphatic rings. The first-order valence-electron chi connectivity index (χ1n) is 8.01. The molecule has 0 bridgehead atoms. The first-order valence-corrected chi connectivity index (χ1v) is 8.01. The van der Waals surface area contributed by atoms with Crippen LogP contribution < -0.4 is 10.2 Å². The molecule has 4 nitrogen and oxygen atoms in total. The molecule has 2 aromatic carbocycles. The molecule has 3 rings (SSSR count). The van der Waals surface area contributed by atoms with Crippen molar-refractivity contribution in [1.82, 2.24) is 5.32 Å². The molecule has 1 N–H and O–H groups in total. The van der Waals surface area contributed by atoms with Gasteiger partial charge < -0.3 is 10.2 Å². The second-order valence-electron chi connectivity index (χ2n) is 5.94. The second kappa shape index (κ2) is 7.25. The molecule has 1 saturated heterocycles. The predicted molar refractivity (Wildman–Crippen MR) is 90.1 cm³/mol. The summed E-state index contributed by atoms with van der Waals surface area (Å²) in [5, 5.41) is 2.90. The molecule has 0 radical (unpaired) electrons. The molecule has 2 amide bonds. The lowest BCUT2D eigenvalue weighted by atomic mass is 10.1. The normalized spacial score (nSPS) is 17.1. The number of halogens is 1. The summed E-state index contributed by atoms with van der Waals surface area (Å²) in [5.74, 6) is -0.553. The van der Waals surface area contributed by atoms with E-state index in [2.05, 4.69) is 5.32 Å². The molecule has 1 atom stereocenters. The highest BCUT2D eigenvalue weighted by Crippen LogP contribution is 2.22. The number of nitrogens with one attached hydrogen (secondary N) is 1. The van der Waals surface area contributed by atoms with E-state index in [-0.39, 0.29) is 30.1 Å². The molecule has 1 heterocycles. The summed E-state index contributed by atoms with van der Waals surface area (Å²) < 4.78 is 13.3. The third kappa shape index (κ3) is 3.98. The van der Waals surface area contributed by atoms with E-state index in [4.69, 9.17) is 0 Å². The van der Waals surface area contributed by atoms with Crippen LogP contribution in [0.1, 0.15) is 18.4 Å². The van der Waals surface area contributed by atoms with Gasteiger partial charge in [0.15, 0.2) is 0 Å². The summed E-state index contributed by atoms with van der Waals surface area (Å²) in [6.07, 6.45) is 1.29. The van der Waals surface area contributed by atoms with Gasteiger partial charge in [0.05, 0.1) is 6.04 Å². The molecular formula is C19H19FN2O2. The molecule has 1 aliphatic heterocycles. The lowest BCUT2D eigenvalue weighted by Gasteiger charge is -2.17. The van der Waals surface area contributed by atoms with E-state index in [1.54, 1.807) is 12.1 Å². The third-order valence-electron chi connectivity index (χ3n) is 4.09. The second-order valence-corrected chi connectivity index (χ2v) is 5.94. The highest BCUT2D eigenvalue weighted by atomic mass is 19.1. The number of benzene rings is 2. The fourth-order valence-corrected chi connectivity index (χ4v) is 2.90. The molecule has 2 aromatic rings. The van der Waals surface area contributed by atoms with Crippen LogP contribution in [0, 0.1) is 5.82 Å². The molecule has 0 saturated carbocycles. The van der Waals surface area contributed by atoms with E-state index >= 15 is 0 Å². The van der Waals surface area contributed by atoms with Gasteiger partial charge in [0.1, 0.15) is 5.82 Å². The van der Waals surface area contributed by atoms with Gasteiger partial charge in [-0.25, -0.2) is 4.39 Å². The minimum absolute atomic E-state index is 0.0715. The minimum Gasteiger partial charge on any atom is -0.351 e. The van der Waals surface area contributed by atoms with Crippen LogP contribution >= 0.6 is 0 Å². The van der Waals surface area contributed by atoms with Crippen LogP contribution in [0.25, 0.3) is 0 Å². The molecule has 5 heteroatoms. The summed E-state index contributed by atoms with van der Waals surface area (Å²) in [4.78, 5) is 25.7. The summed E-state index contributed by atoms with van der Waals surface area (Å²) in [6.45, 7) is 0.374. The smallest absolute Gasteiger partial charge is 0.229 e. The number of rotatable bonds is 5. The Hall–Kier alpha value is -2.69. The largest absolute Gasteiger partial charge is 0.351 e. The van der Waals surface area contributed by atoms with Crippen molar-refractivity contribution in [2.75, 3.05) is 11.4 Å². The van der Waals surface area contributed by atoms with Gasteiger partial charge in [-0.05, 0) is 30.2 Å². The highest BCUT2D eigenvalue weighted by molar-refractivity contribution is 5.96. The van der Waals surface area contributed by atoms with Crippen LogP contribution in [0.2, 0.25) is 0 Å². The molecule has 24 heavy (non-hydrogen) atoms. The van der Waals surface area contributed by atoms with Crippen molar-refractivity contribution in [2.24, 2.45) is 0 Å². The van der Waals surface area contributed by atoms with Gasteiger partial charge in [0, 0.05) is 25.1 Å². The van der Waals surface area contributed by atoms with Gasteiger partial charge in [-0.3, -0.25) is 9.59 Å². The Morgan fingerprint density at radius 2 is 1.96 bits per heavy atom. The van der Waals surface area contributed by atoms with E-state index in [0.29, 0.717) is 25.1 Å². The standard InChI is InChI=1S/C19H19FN2O2/c20-15-7-4-8-17(11-15)22-13-16(12-19(22)24)21-18(23)10-9-14-5-2-1-3-6-14/h1-8,11,16H,9-10,12-13H2,(H,21,23)/t16-/m0/s1. The van der Waals surface area contributed by atoms with E-state index in [0.717, 1.165) is 5.56 Å². The molecule has 0 spiro atoms. The van der Waals surface area contributed by atoms with E-state index < -0.39 is 0 Å². The van der Waals surface area contributed by atoms with Crippen LogP contribution in [-0.4, -0.2) is 24.4 Å². The van der Waals surface area contributed by atoms with Crippen LogP contribution in [0.15, 0.2) is 54.6 Å². The highest BCUT2D eigenvalue weighted by Gasteiger charge is 2.31. The van der Waals surface area contributed by atoms with E-state index in [1.165, 1.54) is 17.0 Å². The lowest BCUT2D eigenvalue weighted by Crippen LogP contribution is -2.37. The van der Waals surface area contributed by atoms with Crippen molar-refractivity contribution in [3.05, 3.63) is 66.0 Å². The molecule has 124 valence electrons. The quantitative estimate of drug-likeness (QED) is 0.918. The van der Waals surface area contributed by atoms with E-state index in [9.17, 15) is 14.0 Å². The fraction of sp³-hybridized carbons (Fsp3) is 0.263. The lowest BCUT2D eigenvalue weighted by molar-refractivity contribution is -0.121. The number of nitrogens with zero attached hydrogens (tertiary/aromatic N) is 1. The van der Waals surface area contributed by atoms with Crippen LogP contribution in [0.3, 0.4) is 0 Å². The predicted octanol–water partition coefficient (Wildman–Crippen LogP) is 2.68. The summed E-state index contributed by atoms with van der Waals surface area (Å²) in [7, 11) is 0. The number of aryl methyl sites for hydroxylation is 1. The van der Waals surface area contributed by atoms with Gasteiger partial charge in [0.25, 0.3) is 0 Å². The monoisotopic (exact) mass is 326 g/mol. The van der Waals surface area contributed by atoms with Gasteiger partial charge in [-0.1, -0.05) is 36.4 Å². The average Bonchev–Trinajstić information content (AvgIpc) is 2.94. The SMILES string of the molecule is O=C(CCc1ccccc1)N[C@H]1CC(=O)N(c2cccc(F)c2)C1. The Kier molecular flexibility index (Phi) is 4.89. The summed E-state index contributed by atoms with van der Waals surface area (Å²) in [5.41, 5.74) is 1.64. The Balaban J connectivity index is 1.53. The zero-order valence-corrected chi connectivity index (χ0v) is 13.2. The minimum atomic E-state index is -0.379. The first-order chi connectivity index (χ1) is 11.6.